The molecule has 1 aromatic rings. The highest BCUT2D eigenvalue weighted by Gasteiger charge is 2.39. The number of carbonyl (C=O) groups is 2. The van der Waals surface area contributed by atoms with Crippen LogP contribution in [0.5, 0.6) is 0 Å². The number of aryl methyl sites for hydroxylation is 2. The van der Waals surface area contributed by atoms with Gasteiger partial charge in [0.2, 0.25) is 11.8 Å². The monoisotopic (exact) mass is 318 g/mol. The van der Waals surface area contributed by atoms with Gasteiger partial charge < -0.3 is 15.0 Å². The molecule has 1 heterocycles. The lowest BCUT2D eigenvalue weighted by Crippen LogP contribution is -2.51. The van der Waals surface area contributed by atoms with Crippen molar-refractivity contribution >= 4 is 17.5 Å². The quantitative estimate of drug-likeness (QED) is 0.867. The van der Waals surface area contributed by atoms with Gasteiger partial charge in [0.25, 0.3) is 0 Å². The van der Waals surface area contributed by atoms with Gasteiger partial charge in [0, 0.05) is 18.8 Å². The second kappa shape index (κ2) is 7.13. The van der Waals surface area contributed by atoms with Crippen molar-refractivity contribution in [2.75, 3.05) is 31.6 Å². The molecule has 1 saturated heterocycles. The van der Waals surface area contributed by atoms with Gasteiger partial charge >= 0.3 is 0 Å². The fraction of sp³-hybridized carbons (Fsp3) is 0.556. The summed E-state index contributed by atoms with van der Waals surface area (Å²) in [7, 11) is 0. The maximum atomic E-state index is 12.7. The number of carbonyl (C=O) groups excluding carboxylic acids is 2. The number of rotatable bonds is 4. The van der Waals surface area contributed by atoms with Crippen molar-refractivity contribution in [1.29, 1.82) is 0 Å². The number of nitrogens with one attached hydrogen (secondary N) is 1. The Labute approximate surface area is 138 Å². The molecule has 0 aromatic heterocycles. The van der Waals surface area contributed by atoms with E-state index >= 15 is 0 Å². The number of hydrogen-bond acceptors (Lipinski definition) is 3. The fourth-order valence-corrected chi connectivity index (χ4v) is 2.73. The van der Waals surface area contributed by atoms with Gasteiger partial charge in [-0.05, 0) is 38.3 Å². The molecular weight excluding hydrogens is 292 g/mol. The molecule has 2 amide bonds. The second-order valence-corrected chi connectivity index (χ2v) is 6.45. The molecule has 5 heteroatoms. The summed E-state index contributed by atoms with van der Waals surface area (Å²) in [5, 5.41) is 2.97. The first-order valence-electron chi connectivity index (χ1n) is 8.15. The third-order valence-electron chi connectivity index (χ3n) is 4.38. The number of morpholine rings is 1. The van der Waals surface area contributed by atoms with Crippen molar-refractivity contribution in [1.82, 2.24) is 4.90 Å². The number of amides is 2. The van der Waals surface area contributed by atoms with Gasteiger partial charge in [0.1, 0.15) is 5.41 Å². The first kappa shape index (κ1) is 17.5. The maximum absolute atomic E-state index is 12.7. The van der Waals surface area contributed by atoms with Gasteiger partial charge in [-0.25, -0.2) is 0 Å². The number of nitrogens with zero attached hydrogens (tertiary/aromatic N) is 1. The Morgan fingerprint density at radius 2 is 1.91 bits per heavy atom. The molecule has 0 radical (unpaired) electrons. The molecule has 1 aromatic carbocycles. The lowest BCUT2D eigenvalue weighted by Gasteiger charge is -2.33. The van der Waals surface area contributed by atoms with Gasteiger partial charge in [0.05, 0.1) is 13.2 Å². The zero-order valence-corrected chi connectivity index (χ0v) is 14.4. The topological polar surface area (TPSA) is 58.6 Å². The van der Waals surface area contributed by atoms with Crippen LogP contribution in [0.25, 0.3) is 0 Å². The van der Waals surface area contributed by atoms with E-state index in [1.54, 1.807) is 18.7 Å². The van der Waals surface area contributed by atoms with E-state index in [0.29, 0.717) is 26.3 Å². The van der Waals surface area contributed by atoms with Crippen LogP contribution in [0, 0.1) is 12.3 Å². The summed E-state index contributed by atoms with van der Waals surface area (Å²) in [6.45, 7) is 9.52. The third-order valence-corrected chi connectivity index (χ3v) is 4.38. The highest BCUT2D eigenvalue weighted by molar-refractivity contribution is 6.10. The van der Waals surface area contributed by atoms with Crippen molar-refractivity contribution in [3.05, 3.63) is 29.3 Å². The minimum atomic E-state index is -1.11. The summed E-state index contributed by atoms with van der Waals surface area (Å²) in [5.41, 5.74) is 1.80. The molecule has 0 saturated carbocycles. The number of hydrogen-bond donors (Lipinski definition) is 1. The average molecular weight is 318 g/mol. The number of para-hydroxylation sites is 1. The summed E-state index contributed by atoms with van der Waals surface area (Å²) in [6.07, 6.45) is 0.829. The number of ether oxygens (including phenoxy) is 1. The van der Waals surface area contributed by atoms with Gasteiger partial charge in [-0.3, -0.25) is 9.59 Å². The third kappa shape index (κ3) is 3.72. The molecule has 0 unspecified atom stereocenters. The maximum Gasteiger partial charge on any atom is 0.239 e. The van der Waals surface area contributed by atoms with E-state index in [-0.39, 0.29) is 11.8 Å². The second-order valence-electron chi connectivity index (χ2n) is 6.45. The summed E-state index contributed by atoms with van der Waals surface area (Å²) < 4.78 is 5.27. The lowest BCUT2D eigenvalue weighted by atomic mass is 9.89. The van der Waals surface area contributed by atoms with Crippen molar-refractivity contribution in [3.63, 3.8) is 0 Å². The van der Waals surface area contributed by atoms with Gasteiger partial charge in [-0.2, -0.15) is 0 Å². The van der Waals surface area contributed by atoms with Gasteiger partial charge in [-0.15, -0.1) is 0 Å². The van der Waals surface area contributed by atoms with Crippen molar-refractivity contribution in [2.24, 2.45) is 5.41 Å². The van der Waals surface area contributed by atoms with Gasteiger partial charge in [0.15, 0.2) is 0 Å². The average Bonchev–Trinajstić information content (AvgIpc) is 2.56. The molecule has 126 valence electrons. The Morgan fingerprint density at radius 3 is 2.52 bits per heavy atom. The number of anilines is 1. The van der Waals surface area contributed by atoms with E-state index in [9.17, 15) is 9.59 Å². The van der Waals surface area contributed by atoms with Crippen molar-refractivity contribution < 1.29 is 14.3 Å². The van der Waals surface area contributed by atoms with E-state index in [1.807, 2.05) is 25.1 Å². The molecule has 1 fully saturated rings. The molecule has 23 heavy (non-hydrogen) atoms. The highest BCUT2D eigenvalue weighted by atomic mass is 16.5. The normalized spacial score (nSPS) is 15.4. The Hall–Kier alpha value is -1.88. The van der Waals surface area contributed by atoms with E-state index in [2.05, 4.69) is 12.2 Å². The summed E-state index contributed by atoms with van der Waals surface area (Å²) in [6, 6.07) is 5.94. The molecule has 0 atom stereocenters. The Balaban J connectivity index is 2.17. The van der Waals surface area contributed by atoms with Crippen LogP contribution in [0.1, 0.15) is 31.9 Å². The van der Waals surface area contributed by atoms with Crippen molar-refractivity contribution in [3.8, 4) is 0 Å². The first-order chi connectivity index (χ1) is 10.9. The molecule has 5 nitrogen and oxygen atoms in total. The molecule has 2 rings (SSSR count). The lowest BCUT2D eigenvalue weighted by molar-refractivity contribution is -0.149. The molecule has 1 aliphatic heterocycles. The van der Waals surface area contributed by atoms with E-state index in [0.717, 1.165) is 23.2 Å². The minimum Gasteiger partial charge on any atom is -0.378 e. The van der Waals surface area contributed by atoms with E-state index < -0.39 is 5.41 Å². The number of benzene rings is 1. The molecule has 1 N–H and O–H groups in total. The van der Waals surface area contributed by atoms with Crippen LogP contribution in [0.15, 0.2) is 18.2 Å². The first-order valence-corrected chi connectivity index (χ1v) is 8.15. The SMILES string of the molecule is CCc1cccc(C)c1NC(=O)C(C)(C)C(=O)N1CCOCC1. The van der Waals surface area contributed by atoms with Crippen LogP contribution in [0.3, 0.4) is 0 Å². The largest absolute Gasteiger partial charge is 0.378 e. The predicted molar refractivity (Wildman–Crippen MR) is 90.4 cm³/mol. The zero-order chi connectivity index (χ0) is 17.0. The molecular formula is C18H26N2O3. The zero-order valence-electron chi connectivity index (χ0n) is 14.4. The Bertz CT molecular complexity index is 590. The van der Waals surface area contributed by atoms with Crippen LogP contribution in [-0.4, -0.2) is 43.0 Å². The summed E-state index contributed by atoms with van der Waals surface area (Å²) in [4.78, 5) is 27.2. The van der Waals surface area contributed by atoms with E-state index in [4.69, 9.17) is 4.74 Å². The molecule has 0 bridgehead atoms. The predicted octanol–water partition coefficient (Wildman–Crippen LogP) is 2.38. The molecule has 1 aliphatic rings. The Morgan fingerprint density at radius 1 is 1.26 bits per heavy atom. The van der Waals surface area contributed by atoms with Crippen LogP contribution >= 0.6 is 0 Å². The highest BCUT2D eigenvalue weighted by Crippen LogP contribution is 2.26. The summed E-state index contributed by atoms with van der Waals surface area (Å²) in [5.74, 6) is -0.414. The van der Waals surface area contributed by atoms with Crippen LogP contribution in [0.4, 0.5) is 5.69 Å². The van der Waals surface area contributed by atoms with Crippen LogP contribution in [0.2, 0.25) is 0 Å². The standard InChI is InChI=1S/C18H26N2O3/c1-5-14-8-6-7-13(2)15(14)19-16(21)18(3,4)17(22)20-9-11-23-12-10-20/h6-8H,5,9-12H2,1-4H3,(H,19,21). The van der Waals surface area contributed by atoms with Crippen LogP contribution in [-0.2, 0) is 20.7 Å². The van der Waals surface area contributed by atoms with Gasteiger partial charge in [-0.1, -0.05) is 25.1 Å². The van der Waals surface area contributed by atoms with Crippen molar-refractivity contribution in [2.45, 2.75) is 34.1 Å². The van der Waals surface area contributed by atoms with E-state index in [1.165, 1.54) is 0 Å². The summed E-state index contributed by atoms with van der Waals surface area (Å²) >= 11 is 0. The molecule has 0 spiro atoms. The fourth-order valence-electron chi connectivity index (χ4n) is 2.73. The smallest absolute Gasteiger partial charge is 0.239 e. The Kier molecular flexibility index (Phi) is 5.42. The minimum absolute atomic E-state index is 0.148. The molecule has 0 aliphatic carbocycles. The van der Waals surface area contributed by atoms with Crippen LogP contribution < -0.4 is 5.32 Å².